The summed E-state index contributed by atoms with van der Waals surface area (Å²) in [5, 5.41) is 3.26. The molecule has 0 aromatic carbocycles. The van der Waals surface area contributed by atoms with E-state index in [2.05, 4.69) is 10.3 Å². The van der Waals surface area contributed by atoms with E-state index in [1.165, 1.54) is 0 Å². The van der Waals surface area contributed by atoms with Crippen molar-refractivity contribution in [1.82, 2.24) is 15.2 Å². The molecule has 1 aromatic rings. The third kappa shape index (κ3) is 2.38. The van der Waals surface area contributed by atoms with E-state index in [1.54, 1.807) is 4.90 Å². The lowest BCUT2D eigenvalue weighted by molar-refractivity contribution is 0.0653. The first-order chi connectivity index (χ1) is 9.66. The molecule has 0 spiro atoms. The van der Waals surface area contributed by atoms with Gasteiger partial charge in [0.2, 0.25) is 0 Å². The number of nitrogens with one attached hydrogen (secondary N) is 2. The number of carbonyl (C=O) groups is 1. The molecule has 3 rings (SSSR count). The Morgan fingerprint density at radius 2 is 2.15 bits per heavy atom. The minimum Gasteiger partial charge on any atom is -0.333 e. The predicted molar refractivity (Wildman–Crippen MR) is 77.1 cm³/mol. The van der Waals surface area contributed by atoms with Gasteiger partial charge < -0.3 is 15.2 Å². The van der Waals surface area contributed by atoms with Crippen LogP contribution in [0.4, 0.5) is 0 Å². The van der Waals surface area contributed by atoms with Gasteiger partial charge in [-0.1, -0.05) is 0 Å². The fourth-order valence-electron chi connectivity index (χ4n) is 3.13. The van der Waals surface area contributed by atoms with Gasteiger partial charge in [0.15, 0.2) is 0 Å². The van der Waals surface area contributed by atoms with Gasteiger partial charge in [-0.3, -0.25) is 9.59 Å². The molecule has 1 unspecified atom stereocenters. The Labute approximate surface area is 118 Å². The number of pyridine rings is 1. The number of H-pyrrole nitrogens is 1. The highest BCUT2D eigenvalue weighted by Crippen LogP contribution is 2.19. The summed E-state index contributed by atoms with van der Waals surface area (Å²) in [4.78, 5) is 29.5. The molecule has 1 saturated heterocycles. The number of amides is 1. The highest BCUT2D eigenvalue weighted by atomic mass is 16.2. The van der Waals surface area contributed by atoms with Gasteiger partial charge in [-0.05, 0) is 44.2 Å². The highest BCUT2D eigenvalue weighted by Gasteiger charge is 2.26. The summed E-state index contributed by atoms with van der Waals surface area (Å²) in [5.41, 5.74) is 2.23. The minimum absolute atomic E-state index is 0.131. The van der Waals surface area contributed by atoms with Crippen molar-refractivity contribution in [2.45, 2.75) is 38.6 Å². The van der Waals surface area contributed by atoms with Crippen LogP contribution in [0.2, 0.25) is 0 Å². The fraction of sp³-hybridized carbons (Fsp3) is 0.600. The monoisotopic (exact) mass is 275 g/mol. The molecule has 1 aliphatic carbocycles. The third-order valence-electron chi connectivity index (χ3n) is 4.33. The van der Waals surface area contributed by atoms with E-state index >= 15 is 0 Å². The molecule has 1 amide bonds. The zero-order valence-corrected chi connectivity index (χ0v) is 11.9. The van der Waals surface area contributed by atoms with Crippen molar-refractivity contribution in [2.75, 3.05) is 19.6 Å². The molecule has 1 aliphatic heterocycles. The first-order valence-electron chi connectivity index (χ1n) is 7.43. The second kappa shape index (κ2) is 5.40. The maximum Gasteiger partial charge on any atom is 0.261 e. The summed E-state index contributed by atoms with van der Waals surface area (Å²) in [7, 11) is 0. The lowest BCUT2D eigenvalue weighted by Gasteiger charge is -2.34. The molecule has 108 valence electrons. The van der Waals surface area contributed by atoms with Crippen molar-refractivity contribution in [2.24, 2.45) is 0 Å². The number of carbonyl (C=O) groups excluding carboxylic acids is 1. The number of aromatic amines is 1. The van der Waals surface area contributed by atoms with E-state index in [0.717, 1.165) is 50.0 Å². The number of hydrogen-bond acceptors (Lipinski definition) is 3. The number of nitrogens with zero attached hydrogens (tertiary/aromatic N) is 1. The van der Waals surface area contributed by atoms with Gasteiger partial charge >= 0.3 is 0 Å². The summed E-state index contributed by atoms with van der Waals surface area (Å²) in [6, 6.07) is 1.96. The van der Waals surface area contributed by atoms with Crippen LogP contribution < -0.4 is 10.9 Å². The molecule has 0 bridgehead atoms. The molecular formula is C15H21N3O2. The van der Waals surface area contributed by atoms with Crippen molar-refractivity contribution in [3.8, 4) is 0 Å². The van der Waals surface area contributed by atoms with Gasteiger partial charge in [0, 0.05) is 31.4 Å². The quantitative estimate of drug-likeness (QED) is 0.792. The zero-order chi connectivity index (χ0) is 14.1. The standard InChI is InChI=1S/C15H21N3O2/c1-10-9-16-6-7-18(10)15(20)12-8-11-4-2-3-5-13(11)17-14(12)19/h8,10,16H,2-7,9H2,1H3,(H,17,19). The molecule has 1 fully saturated rings. The van der Waals surface area contributed by atoms with Crippen LogP contribution in [-0.2, 0) is 12.8 Å². The molecule has 1 aromatic heterocycles. The average molecular weight is 275 g/mol. The minimum atomic E-state index is -0.235. The van der Waals surface area contributed by atoms with Crippen molar-refractivity contribution < 1.29 is 4.79 Å². The molecule has 5 heteroatoms. The topological polar surface area (TPSA) is 65.2 Å². The summed E-state index contributed by atoms with van der Waals surface area (Å²) in [6.07, 6.45) is 4.13. The molecule has 1 atom stereocenters. The van der Waals surface area contributed by atoms with Crippen LogP contribution in [0.5, 0.6) is 0 Å². The SMILES string of the molecule is CC1CNCCN1C(=O)c1cc2c([nH]c1=O)CCCC2. The van der Waals surface area contributed by atoms with Gasteiger partial charge in [0.25, 0.3) is 11.5 Å². The number of aromatic nitrogens is 1. The number of hydrogen-bond donors (Lipinski definition) is 2. The summed E-state index contributed by atoms with van der Waals surface area (Å²) in [5.74, 6) is -0.131. The molecule has 2 N–H and O–H groups in total. The molecular weight excluding hydrogens is 254 g/mol. The van der Waals surface area contributed by atoms with Crippen LogP contribution in [0.1, 0.15) is 41.4 Å². The smallest absolute Gasteiger partial charge is 0.261 e. The average Bonchev–Trinajstić information content (AvgIpc) is 2.46. The van der Waals surface area contributed by atoms with E-state index in [1.807, 2.05) is 13.0 Å². The third-order valence-corrected chi connectivity index (χ3v) is 4.33. The Morgan fingerprint density at radius 3 is 2.95 bits per heavy atom. The molecule has 2 aliphatic rings. The maximum atomic E-state index is 12.6. The van der Waals surface area contributed by atoms with E-state index < -0.39 is 0 Å². The van der Waals surface area contributed by atoms with Crippen molar-refractivity contribution in [1.29, 1.82) is 0 Å². The molecule has 0 radical (unpaired) electrons. The predicted octanol–water partition coefficient (Wildman–Crippen LogP) is 0.688. The lowest BCUT2D eigenvalue weighted by Crippen LogP contribution is -2.53. The Balaban J connectivity index is 1.93. The Hall–Kier alpha value is -1.62. The Morgan fingerprint density at radius 1 is 1.35 bits per heavy atom. The van der Waals surface area contributed by atoms with Gasteiger partial charge in [0.1, 0.15) is 5.56 Å². The second-order valence-electron chi connectivity index (χ2n) is 5.77. The zero-order valence-electron chi connectivity index (χ0n) is 11.9. The summed E-state index contributed by atoms with van der Waals surface area (Å²) < 4.78 is 0. The Kier molecular flexibility index (Phi) is 3.61. The van der Waals surface area contributed by atoms with Gasteiger partial charge in [-0.15, -0.1) is 0 Å². The number of piperazine rings is 1. The van der Waals surface area contributed by atoms with Crippen LogP contribution >= 0.6 is 0 Å². The highest BCUT2D eigenvalue weighted by molar-refractivity contribution is 5.94. The largest absolute Gasteiger partial charge is 0.333 e. The van der Waals surface area contributed by atoms with Gasteiger partial charge in [0.05, 0.1) is 0 Å². The van der Waals surface area contributed by atoms with Gasteiger partial charge in [-0.2, -0.15) is 0 Å². The van der Waals surface area contributed by atoms with E-state index in [9.17, 15) is 9.59 Å². The van der Waals surface area contributed by atoms with Crippen molar-refractivity contribution >= 4 is 5.91 Å². The van der Waals surface area contributed by atoms with Gasteiger partial charge in [-0.25, -0.2) is 0 Å². The van der Waals surface area contributed by atoms with Crippen LogP contribution in [-0.4, -0.2) is 41.5 Å². The number of aryl methyl sites for hydroxylation is 2. The van der Waals surface area contributed by atoms with Crippen LogP contribution in [0, 0.1) is 0 Å². The summed E-state index contributed by atoms with van der Waals surface area (Å²) in [6.45, 7) is 4.25. The molecule has 0 saturated carbocycles. The van der Waals surface area contributed by atoms with E-state index in [0.29, 0.717) is 12.1 Å². The lowest BCUT2D eigenvalue weighted by atomic mass is 9.94. The maximum absolute atomic E-state index is 12.6. The van der Waals surface area contributed by atoms with Crippen LogP contribution in [0.25, 0.3) is 0 Å². The first kappa shape index (κ1) is 13.4. The number of rotatable bonds is 1. The summed E-state index contributed by atoms with van der Waals surface area (Å²) >= 11 is 0. The number of fused-ring (bicyclic) bond motifs is 1. The first-order valence-corrected chi connectivity index (χ1v) is 7.43. The Bertz CT molecular complexity index is 579. The fourth-order valence-corrected chi connectivity index (χ4v) is 3.13. The normalized spacial score (nSPS) is 22.4. The van der Waals surface area contributed by atoms with E-state index in [-0.39, 0.29) is 17.5 Å². The molecule has 5 nitrogen and oxygen atoms in total. The van der Waals surface area contributed by atoms with Crippen molar-refractivity contribution in [3.63, 3.8) is 0 Å². The van der Waals surface area contributed by atoms with E-state index in [4.69, 9.17) is 0 Å². The molecule has 2 heterocycles. The van der Waals surface area contributed by atoms with Crippen LogP contribution in [0.15, 0.2) is 10.9 Å². The van der Waals surface area contributed by atoms with Crippen LogP contribution in [0.3, 0.4) is 0 Å². The molecule has 20 heavy (non-hydrogen) atoms. The van der Waals surface area contributed by atoms with Crippen molar-refractivity contribution in [3.05, 3.63) is 33.2 Å². The second-order valence-corrected chi connectivity index (χ2v) is 5.77.